The minimum absolute atomic E-state index is 0.0650. The van der Waals surface area contributed by atoms with Crippen LogP contribution in [0.3, 0.4) is 0 Å². The van der Waals surface area contributed by atoms with Crippen LogP contribution in [-0.2, 0) is 18.4 Å². The average molecular weight is 1030 g/mol. The number of nitrogens with one attached hydrogen (secondary N) is 1. The number of hydrogen-bond donors (Lipinski definition) is 3. The van der Waals surface area contributed by atoms with Crippen LogP contribution in [0.25, 0.3) is 0 Å². The number of unbranched alkanes of at least 4 members (excludes halogenated alkanes) is 46. The van der Waals surface area contributed by atoms with Crippen LogP contribution in [0.4, 0.5) is 0 Å². The van der Waals surface area contributed by atoms with Crippen molar-refractivity contribution < 1.29 is 32.9 Å². The van der Waals surface area contributed by atoms with Crippen molar-refractivity contribution in [2.75, 3.05) is 40.9 Å². The molecule has 8 nitrogen and oxygen atoms in total. The highest BCUT2D eigenvalue weighted by molar-refractivity contribution is 7.47. The lowest BCUT2D eigenvalue weighted by Gasteiger charge is -2.25. The van der Waals surface area contributed by atoms with E-state index in [1.807, 2.05) is 27.2 Å². The molecule has 1 unspecified atom stereocenters. The first-order chi connectivity index (χ1) is 34.5. The van der Waals surface area contributed by atoms with Gasteiger partial charge in [0.1, 0.15) is 13.2 Å². The van der Waals surface area contributed by atoms with E-state index < -0.39 is 20.0 Å². The highest BCUT2D eigenvalue weighted by Crippen LogP contribution is 2.43. The highest BCUT2D eigenvalue weighted by atomic mass is 31.2. The van der Waals surface area contributed by atoms with Gasteiger partial charge in [-0.1, -0.05) is 315 Å². The molecule has 71 heavy (non-hydrogen) atoms. The summed E-state index contributed by atoms with van der Waals surface area (Å²) in [5.41, 5.74) is 0. The standard InChI is InChI=1S/C62H125N2O6P/c1-6-8-10-12-14-16-18-20-22-23-24-25-26-27-28-29-30-31-32-33-34-35-36-37-38-39-40-41-42-44-46-48-50-52-54-56-62(66)63-60(59-70-71(67,68)69-58-57-64(3,4)5)61(65)55-53-51-49-47-45-43-21-19-17-15-13-11-9-7-2/h53,55,60-61,65H,6-52,54,56-59H2,1-5H3,(H-,63,66,67,68)/p+1/b55-53+/t60-,61+/m0/s1. The van der Waals surface area contributed by atoms with Crippen molar-refractivity contribution in [1.82, 2.24) is 5.32 Å². The molecular weight excluding hydrogens is 900 g/mol. The third-order valence-electron chi connectivity index (χ3n) is 14.8. The Labute approximate surface area is 443 Å². The number of carbonyl (C=O) groups is 1. The van der Waals surface area contributed by atoms with Gasteiger partial charge < -0.3 is 19.8 Å². The maximum Gasteiger partial charge on any atom is 0.472 e. The number of quaternary nitrogens is 1. The summed E-state index contributed by atoms with van der Waals surface area (Å²) in [7, 11) is 1.59. The van der Waals surface area contributed by atoms with E-state index in [4.69, 9.17) is 9.05 Å². The fourth-order valence-electron chi connectivity index (χ4n) is 9.81. The number of aliphatic hydroxyl groups excluding tert-OH is 1. The second-order valence-electron chi connectivity index (χ2n) is 23.2. The number of carbonyl (C=O) groups excluding carboxylic acids is 1. The van der Waals surface area contributed by atoms with Crippen LogP contribution >= 0.6 is 7.82 Å². The summed E-state index contributed by atoms with van der Waals surface area (Å²) in [6, 6.07) is -0.841. The topological polar surface area (TPSA) is 105 Å². The first kappa shape index (κ1) is 70.2. The zero-order valence-electron chi connectivity index (χ0n) is 48.5. The second kappa shape index (κ2) is 54.0. The Hall–Kier alpha value is -0.760. The Balaban J connectivity index is 3.91. The lowest BCUT2D eigenvalue weighted by Crippen LogP contribution is -2.45. The minimum Gasteiger partial charge on any atom is -0.387 e. The van der Waals surface area contributed by atoms with Crippen molar-refractivity contribution in [2.45, 2.75) is 341 Å². The van der Waals surface area contributed by atoms with Crippen LogP contribution in [0.2, 0.25) is 0 Å². The summed E-state index contributed by atoms with van der Waals surface area (Å²) < 4.78 is 23.7. The number of phosphoric acid groups is 1. The summed E-state index contributed by atoms with van der Waals surface area (Å²) in [4.78, 5) is 23.3. The molecule has 0 saturated carbocycles. The molecule has 0 saturated heterocycles. The van der Waals surface area contributed by atoms with Gasteiger partial charge in [0.05, 0.1) is 39.9 Å². The molecule has 0 heterocycles. The van der Waals surface area contributed by atoms with E-state index >= 15 is 0 Å². The maximum absolute atomic E-state index is 13.0. The SMILES string of the molecule is CCCCCCCCCCCCCC/C=C/[C@@H](O)[C@H](COP(=O)(O)OCC[N+](C)(C)C)NC(=O)CCCCCCCCCCCCCCCCCCCCCCCCCCCCCCCCCCCCC. The zero-order chi connectivity index (χ0) is 52.0. The maximum atomic E-state index is 13.0. The molecule has 0 aliphatic rings. The molecule has 3 atom stereocenters. The number of aliphatic hydroxyl groups is 1. The fraction of sp³-hybridized carbons (Fsp3) is 0.952. The lowest BCUT2D eigenvalue weighted by atomic mass is 10.0. The first-order valence-electron chi connectivity index (χ1n) is 31.6. The predicted octanol–water partition coefficient (Wildman–Crippen LogP) is 19.4. The Morgan fingerprint density at radius 3 is 1.04 bits per heavy atom. The van der Waals surface area contributed by atoms with Crippen molar-refractivity contribution >= 4 is 13.7 Å². The van der Waals surface area contributed by atoms with E-state index in [2.05, 4.69) is 19.2 Å². The van der Waals surface area contributed by atoms with Crippen molar-refractivity contribution in [3.8, 4) is 0 Å². The molecule has 0 aromatic carbocycles. The summed E-state index contributed by atoms with van der Waals surface area (Å²) >= 11 is 0. The molecule has 0 spiro atoms. The first-order valence-corrected chi connectivity index (χ1v) is 33.1. The van der Waals surface area contributed by atoms with Gasteiger partial charge in [-0.25, -0.2) is 4.57 Å². The van der Waals surface area contributed by atoms with Crippen LogP contribution in [-0.4, -0.2) is 73.4 Å². The van der Waals surface area contributed by atoms with E-state index in [-0.39, 0.29) is 19.1 Å². The Kier molecular flexibility index (Phi) is 53.5. The monoisotopic (exact) mass is 1030 g/mol. The van der Waals surface area contributed by atoms with Gasteiger partial charge in [-0.2, -0.15) is 0 Å². The van der Waals surface area contributed by atoms with Crippen LogP contribution in [0.1, 0.15) is 328 Å². The molecule has 0 rings (SSSR count). The molecular formula is C62H126N2O6P+. The van der Waals surface area contributed by atoms with Crippen molar-refractivity contribution in [1.29, 1.82) is 0 Å². The minimum atomic E-state index is -4.34. The summed E-state index contributed by atoms with van der Waals surface area (Å²) in [6.07, 6.45) is 67.8. The van der Waals surface area contributed by atoms with Crippen LogP contribution in [0.15, 0.2) is 12.2 Å². The van der Waals surface area contributed by atoms with Crippen molar-refractivity contribution in [3.63, 3.8) is 0 Å². The zero-order valence-corrected chi connectivity index (χ0v) is 49.4. The van der Waals surface area contributed by atoms with Gasteiger partial charge in [0.25, 0.3) is 0 Å². The molecule has 9 heteroatoms. The van der Waals surface area contributed by atoms with Crippen LogP contribution in [0, 0.1) is 0 Å². The van der Waals surface area contributed by atoms with Crippen molar-refractivity contribution in [3.05, 3.63) is 12.2 Å². The van der Waals surface area contributed by atoms with Gasteiger partial charge in [-0.3, -0.25) is 13.8 Å². The highest BCUT2D eigenvalue weighted by Gasteiger charge is 2.28. The van der Waals surface area contributed by atoms with Gasteiger partial charge in [0.15, 0.2) is 0 Å². The summed E-state index contributed by atoms with van der Waals surface area (Å²) in [5, 5.41) is 13.9. The lowest BCUT2D eigenvalue weighted by molar-refractivity contribution is -0.870. The summed E-state index contributed by atoms with van der Waals surface area (Å²) in [5.74, 6) is -0.170. The number of likely N-dealkylation sites (N-methyl/N-ethyl adjacent to an activating group) is 1. The molecule has 0 aliphatic heterocycles. The molecule has 0 bridgehead atoms. The van der Waals surface area contributed by atoms with E-state index in [0.717, 1.165) is 38.5 Å². The molecule has 3 N–H and O–H groups in total. The molecule has 0 aromatic rings. The number of nitrogens with zero attached hydrogens (tertiary/aromatic N) is 1. The van der Waals surface area contributed by atoms with Crippen molar-refractivity contribution in [2.24, 2.45) is 0 Å². The summed E-state index contributed by atoms with van der Waals surface area (Å²) in [6.45, 7) is 4.86. The van der Waals surface area contributed by atoms with Gasteiger partial charge >= 0.3 is 7.82 Å². The number of hydrogen-bond acceptors (Lipinski definition) is 5. The van der Waals surface area contributed by atoms with Gasteiger partial charge in [0, 0.05) is 6.42 Å². The normalized spacial score (nSPS) is 13.8. The Morgan fingerprint density at radius 1 is 0.465 bits per heavy atom. The largest absolute Gasteiger partial charge is 0.472 e. The van der Waals surface area contributed by atoms with Gasteiger partial charge in [-0.05, 0) is 19.3 Å². The quantitative estimate of drug-likeness (QED) is 0.0243. The van der Waals surface area contributed by atoms with E-state index in [0.29, 0.717) is 17.4 Å². The number of allylic oxidation sites excluding steroid dienone is 1. The van der Waals surface area contributed by atoms with E-state index in [1.54, 1.807) is 6.08 Å². The predicted molar refractivity (Wildman–Crippen MR) is 309 cm³/mol. The van der Waals surface area contributed by atoms with Crippen LogP contribution in [0.5, 0.6) is 0 Å². The number of phosphoric ester groups is 1. The Bertz CT molecular complexity index is 1160. The third kappa shape index (κ3) is 56.8. The molecule has 0 radical (unpaired) electrons. The number of rotatable bonds is 59. The molecule has 424 valence electrons. The van der Waals surface area contributed by atoms with Crippen LogP contribution < -0.4 is 5.32 Å². The molecule has 1 amide bonds. The van der Waals surface area contributed by atoms with E-state index in [9.17, 15) is 19.4 Å². The second-order valence-corrected chi connectivity index (χ2v) is 24.6. The molecule has 0 fully saturated rings. The van der Waals surface area contributed by atoms with Gasteiger partial charge in [-0.15, -0.1) is 0 Å². The van der Waals surface area contributed by atoms with Gasteiger partial charge in [0.2, 0.25) is 5.91 Å². The van der Waals surface area contributed by atoms with E-state index in [1.165, 1.54) is 270 Å². The Morgan fingerprint density at radius 2 is 0.746 bits per heavy atom. The molecule has 0 aliphatic carbocycles. The average Bonchev–Trinajstić information content (AvgIpc) is 3.33. The number of amides is 1. The fourth-order valence-corrected chi connectivity index (χ4v) is 10.5. The smallest absolute Gasteiger partial charge is 0.387 e. The molecule has 0 aromatic heterocycles. The third-order valence-corrected chi connectivity index (χ3v) is 15.7.